The van der Waals surface area contributed by atoms with E-state index in [4.69, 9.17) is 11.8 Å². The molecule has 2 atom stereocenters. The lowest BCUT2D eigenvalue weighted by atomic mass is 10.1. The molecule has 2 nitrogen and oxygen atoms in total. The molecule has 0 aromatic heterocycles. The van der Waals surface area contributed by atoms with Gasteiger partial charge in [0.05, 0.1) is 19.6 Å². The highest BCUT2D eigenvalue weighted by Crippen LogP contribution is 2.10. The number of quaternary nitrogens is 1. The highest BCUT2D eigenvalue weighted by Gasteiger charge is 2.23. The second-order valence-corrected chi connectivity index (χ2v) is 6.35. The van der Waals surface area contributed by atoms with Crippen LogP contribution in [0, 0.1) is 17.8 Å². The molecule has 0 bridgehead atoms. The van der Waals surface area contributed by atoms with E-state index in [1.807, 2.05) is 4.90 Å². The Hall–Kier alpha value is -0.550. The third kappa shape index (κ3) is 10.3. The first-order chi connectivity index (χ1) is 9.86. The Labute approximate surface area is 127 Å². The molecule has 2 heteroatoms. The van der Waals surface area contributed by atoms with Crippen LogP contribution in [0.25, 0.3) is 0 Å². The van der Waals surface area contributed by atoms with Crippen LogP contribution >= 0.6 is 0 Å². The van der Waals surface area contributed by atoms with Gasteiger partial charge in [-0.15, -0.1) is 0 Å². The molecule has 1 aliphatic heterocycles. The van der Waals surface area contributed by atoms with Crippen molar-refractivity contribution >= 4 is 0 Å². The smallest absolute Gasteiger partial charge is 0.0801 e. The molecule has 1 rings (SSSR count). The summed E-state index contributed by atoms with van der Waals surface area (Å²) in [7, 11) is 0. The van der Waals surface area contributed by atoms with Gasteiger partial charge in [0.25, 0.3) is 0 Å². The van der Waals surface area contributed by atoms with Crippen molar-refractivity contribution in [2.45, 2.75) is 84.5 Å². The highest BCUT2D eigenvalue weighted by atomic mass is 15.1. The van der Waals surface area contributed by atoms with E-state index in [0.29, 0.717) is 0 Å². The molecular formula is C18H36N2. The lowest BCUT2D eigenvalue weighted by molar-refractivity contribution is -0.889. The van der Waals surface area contributed by atoms with E-state index >= 15 is 0 Å². The third-order valence-corrected chi connectivity index (χ3v) is 4.69. The van der Waals surface area contributed by atoms with Crippen molar-refractivity contribution in [2.24, 2.45) is 5.92 Å². The summed E-state index contributed by atoms with van der Waals surface area (Å²) in [6.45, 7) is 13.8. The van der Waals surface area contributed by atoms with Gasteiger partial charge in [-0.1, -0.05) is 58.8 Å². The molecule has 20 heavy (non-hydrogen) atoms. The van der Waals surface area contributed by atoms with Gasteiger partial charge in [0.15, 0.2) is 0 Å². The molecular weight excluding hydrogens is 244 g/mol. The molecule has 0 aliphatic carbocycles. The lowest BCUT2D eigenvalue weighted by Gasteiger charge is -2.12. The summed E-state index contributed by atoms with van der Waals surface area (Å²) in [5.41, 5.74) is 0. The van der Waals surface area contributed by atoms with Crippen LogP contribution in [0.5, 0.6) is 0 Å². The molecule has 0 amide bonds. The summed E-state index contributed by atoms with van der Waals surface area (Å²) in [6.07, 6.45) is 16.0. The van der Waals surface area contributed by atoms with E-state index in [-0.39, 0.29) is 0 Å². The number of hydrogen-bond acceptors (Lipinski definition) is 1. The first kappa shape index (κ1) is 19.4. The summed E-state index contributed by atoms with van der Waals surface area (Å²) >= 11 is 0. The Morgan fingerprint density at radius 2 is 1.45 bits per heavy atom. The molecule has 1 heterocycles. The van der Waals surface area contributed by atoms with E-state index in [9.17, 15) is 0 Å². The van der Waals surface area contributed by atoms with Gasteiger partial charge in [-0.25, -0.2) is 0 Å². The van der Waals surface area contributed by atoms with Crippen molar-refractivity contribution in [1.82, 2.24) is 0 Å². The predicted molar refractivity (Wildman–Crippen MR) is 86.2 cm³/mol. The molecule has 0 aromatic carbocycles. The fourth-order valence-electron chi connectivity index (χ4n) is 3.28. The SMILES string of the molecule is CCCCCCCCCCC[NH+]1CCC(CC)C1.[C-]#N. The number of nitrogens with zero attached hydrogens (tertiary/aromatic N) is 1. The molecule has 1 aliphatic rings. The van der Waals surface area contributed by atoms with Gasteiger partial charge >= 0.3 is 0 Å². The highest BCUT2D eigenvalue weighted by molar-refractivity contribution is 4.60. The second kappa shape index (κ2) is 14.9. The maximum Gasteiger partial charge on any atom is 0.0801 e. The second-order valence-electron chi connectivity index (χ2n) is 6.35. The van der Waals surface area contributed by atoms with Gasteiger partial charge in [0, 0.05) is 12.3 Å². The van der Waals surface area contributed by atoms with Crippen LogP contribution in [0.4, 0.5) is 0 Å². The van der Waals surface area contributed by atoms with Crippen molar-refractivity contribution < 1.29 is 4.90 Å². The minimum Gasteiger partial charge on any atom is -0.512 e. The summed E-state index contributed by atoms with van der Waals surface area (Å²) in [5.74, 6) is 1.04. The lowest BCUT2D eigenvalue weighted by Crippen LogP contribution is -3.10. The first-order valence-electron chi connectivity index (χ1n) is 8.92. The Balaban J connectivity index is 0.00000172. The molecule has 118 valence electrons. The van der Waals surface area contributed by atoms with Gasteiger partial charge in [-0.3, -0.25) is 0 Å². The van der Waals surface area contributed by atoms with Crippen LogP contribution in [0.15, 0.2) is 0 Å². The quantitative estimate of drug-likeness (QED) is 0.451. The zero-order valence-electron chi connectivity index (χ0n) is 13.9. The van der Waals surface area contributed by atoms with E-state index in [1.54, 1.807) is 0 Å². The number of likely N-dealkylation sites (tertiary alicyclic amines) is 1. The number of unbranched alkanes of at least 4 members (excludes halogenated alkanes) is 8. The summed E-state index contributed by atoms with van der Waals surface area (Å²) < 4.78 is 0. The minimum absolute atomic E-state index is 1.04. The topological polar surface area (TPSA) is 28.2 Å². The van der Waals surface area contributed by atoms with Crippen molar-refractivity contribution in [3.63, 3.8) is 0 Å². The third-order valence-electron chi connectivity index (χ3n) is 4.69. The van der Waals surface area contributed by atoms with Gasteiger partial charge in [0.1, 0.15) is 0 Å². The van der Waals surface area contributed by atoms with Crippen LogP contribution in [0.2, 0.25) is 0 Å². The summed E-state index contributed by atoms with van der Waals surface area (Å²) in [5, 5.41) is 6.25. The van der Waals surface area contributed by atoms with E-state index in [0.717, 1.165) is 5.92 Å². The number of rotatable bonds is 11. The maximum atomic E-state index is 6.25. The standard InChI is InChI=1S/C17H35N.CN/c1-3-5-6-7-8-9-10-11-12-14-18-15-13-17(4-2)16-18;1-2/h17H,3-16H2,1-2H3;/q;-1/p+1. The Kier molecular flexibility index (Phi) is 14.4. The minimum atomic E-state index is 1.04. The van der Waals surface area contributed by atoms with Gasteiger partial charge in [-0.05, 0) is 19.3 Å². The molecule has 1 N–H and O–H groups in total. The van der Waals surface area contributed by atoms with E-state index in [1.165, 1.54) is 90.3 Å². The van der Waals surface area contributed by atoms with Gasteiger partial charge in [-0.2, -0.15) is 0 Å². The monoisotopic (exact) mass is 280 g/mol. The summed E-state index contributed by atoms with van der Waals surface area (Å²) in [4.78, 5) is 1.89. The zero-order valence-corrected chi connectivity index (χ0v) is 13.9. The Morgan fingerprint density at radius 1 is 0.900 bits per heavy atom. The van der Waals surface area contributed by atoms with Gasteiger partial charge < -0.3 is 16.7 Å². The molecule has 1 saturated heterocycles. The fraction of sp³-hybridized carbons (Fsp3) is 0.944. The first-order valence-corrected chi connectivity index (χ1v) is 8.92. The fourth-order valence-corrected chi connectivity index (χ4v) is 3.28. The molecule has 0 aromatic rings. The van der Waals surface area contributed by atoms with Crippen LogP contribution in [-0.2, 0) is 0 Å². The van der Waals surface area contributed by atoms with Crippen molar-refractivity contribution in [1.29, 1.82) is 5.26 Å². The van der Waals surface area contributed by atoms with Gasteiger partial charge in [0.2, 0.25) is 0 Å². The van der Waals surface area contributed by atoms with Crippen LogP contribution in [0.1, 0.15) is 84.5 Å². The molecule has 0 spiro atoms. The number of hydrogen-bond donors (Lipinski definition) is 1. The van der Waals surface area contributed by atoms with Crippen molar-refractivity contribution in [2.75, 3.05) is 19.6 Å². The van der Waals surface area contributed by atoms with Crippen molar-refractivity contribution in [3.05, 3.63) is 6.57 Å². The molecule has 1 fully saturated rings. The number of nitrogens with one attached hydrogen (secondary N) is 1. The summed E-state index contributed by atoms with van der Waals surface area (Å²) in [6, 6.07) is 0. The van der Waals surface area contributed by atoms with Crippen molar-refractivity contribution in [3.8, 4) is 0 Å². The van der Waals surface area contributed by atoms with Crippen LogP contribution in [-0.4, -0.2) is 19.6 Å². The molecule has 0 radical (unpaired) electrons. The predicted octanol–water partition coefficient (Wildman–Crippen LogP) is 3.93. The Bertz CT molecular complexity index is 213. The van der Waals surface area contributed by atoms with Crippen LogP contribution < -0.4 is 4.90 Å². The molecule has 2 unspecified atom stereocenters. The van der Waals surface area contributed by atoms with Crippen LogP contribution in [0.3, 0.4) is 0 Å². The maximum absolute atomic E-state index is 6.25. The zero-order chi connectivity index (χ0) is 15.1. The Morgan fingerprint density at radius 3 is 1.95 bits per heavy atom. The normalized spacial score (nSPS) is 21.4. The average Bonchev–Trinajstić information content (AvgIpc) is 2.95. The molecule has 0 saturated carbocycles. The van der Waals surface area contributed by atoms with E-state index < -0.39 is 0 Å². The average molecular weight is 280 g/mol. The largest absolute Gasteiger partial charge is 0.512 e. The van der Waals surface area contributed by atoms with E-state index in [2.05, 4.69) is 13.8 Å².